The van der Waals surface area contributed by atoms with E-state index >= 15 is 0 Å². The second-order valence-corrected chi connectivity index (χ2v) is 9.01. The second kappa shape index (κ2) is 8.94. The standard InChI is InChI=1S/C20H38O5/c1-11(2)7-9-14-18(23)16(17(22)13(5)6)19(24)20(14,25)15(21)10-8-12(3)4/h11-17,19,21-22,24-25H,7-10H2,1-6H3. The molecule has 0 saturated heterocycles. The highest BCUT2D eigenvalue weighted by Crippen LogP contribution is 2.45. The Kier molecular flexibility index (Phi) is 8.06. The molecule has 148 valence electrons. The van der Waals surface area contributed by atoms with Gasteiger partial charge in [-0.15, -0.1) is 0 Å². The SMILES string of the molecule is CC(C)CCC(O)C1(O)C(CCC(C)C)C(=O)C(C(O)C(C)C)C1O. The van der Waals surface area contributed by atoms with Gasteiger partial charge in [0.1, 0.15) is 11.4 Å². The molecular formula is C20H38O5. The summed E-state index contributed by atoms with van der Waals surface area (Å²) in [5, 5.41) is 43.1. The Bertz CT molecular complexity index is 434. The van der Waals surface area contributed by atoms with Crippen molar-refractivity contribution in [3.05, 3.63) is 0 Å². The molecule has 0 amide bonds. The van der Waals surface area contributed by atoms with Gasteiger partial charge in [-0.2, -0.15) is 0 Å². The molecule has 5 heteroatoms. The van der Waals surface area contributed by atoms with E-state index in [2.05, 4.69) is 0 Å². The summed E-state index contributed by atoms with van der Waals surface area (Å²) in [4.78, 5) is 12.9. The van der Waals surface area contributed by atoms with Gasteiger partial charge in [0.25, 0.3) is 0 Å². The van der Waals surface area contributed by atoms with Crippen molar-refractivity contribution in [2.45, 2.75) is 91.1 Å². The molecule has 0 radical (unpaired) electrons. The van der Waals surface area contributed by atoms with Crippen molar-refractivity contribution in [1.82, 2.24) is 0 Å². The van der Waals surface area contributed by atoms with Gasteiger partial charge in [-0.3, -0.25) is 4.79 Å². The molecule has 0 bridgehead atoms. The van der Waals surface area contributed by atoms with E-state index in [4.69, 9.17) is 0 Å². The molecule has 0 aromatic heterocycles. The van der Waals surface area contributed by atoms with Crippen LogP contribution in [0.3, 0.4) is 0 Å². The molecular weight excluding hydrogens is 320 g/mol. The quantitative estimate of drug-likeness (QED) is 0.506. The van der Waals surface area contributed by atoms with Gasteiger partial charge in [0.05, 0.1) is 30.1 Å². The van der Waals surface area contributed by atoms with Crippen molar-refractivity contribution in [3.8, 4) is 0 Å². The minimum atomic E-state index is -1.89. The van der Waals surface area contributed by atoms with Gasteiger partial charge in [-0.25, -0.2) is 0 Å². The Labute approximate surface area is 152 Å². The van der Waals surface area contributed by atoms with Crippen molar-refractivity contribution < 1.29 is 25.2 Å². The summed E-state index contributed by atoms with van der Waals surface area (Å²) in [7, 11) is 0. The van der Waals surface area contributed by atoms with Crippen molar-refractivity contribution in [2.75, 3.05) is 0 Å². The topological polar surface area (TPSA) is 98.0 Å². The fourth-order valence-corrected chi connectivity index (χ4v) is 3.90. The molecule has 1 rings (SSSR count). The van der Waals surface area contributed by atoms with Gasteiger partial charge in [0.2, 0.25) is 0 Å². The van der Waals surface area contributed by atoms with Gasteiger partial charge in [0, 0.05) is 0 Å². The minimum Gasteiger partial charge on any atom is -0.392 e. The van der Waals surface area contributed by atoms with E-state index in [1.165, 1.54) is 0 Å². The van der Waals surface area contributed by atoms with E-state index in [0.717, 1.165) is 0 Å². The molecule has 5 nitrogen and oxygen atoms in total. The predicted octanol–water partition coefficient (Wildman–Crippen LogP) is 2.14. The van der Waals surface area contributed by atoms with Crippen molar-refractivity contribution in [2.24, 2.45) is 29.6 Å². The minimum absolute atomic E-state index is 0.218. The van der Waals surface area contributed by atoms with Crippen molar-refractivity contribution in [3.63, 3.8) is 0 Å². The Hall–Kier alpha value is -0.490. The van der Waals surface area contributed by atoms with Crippen LogP contribution in [0.25, 0.3) is 0 Å². The maximum atomic E-state index is 12.9. The van der Waals surface area contributed by atoms with Crippen LogP contribution in [0.2, 0.25) is 0 Å². The average molecular weight is 359 g/mol. The molecule has 1 saturated carbocycles. The third-order valence-electron chi connectivity index (χ3n) is 5.68. The number of carbonyl (C=O) groups excluding carboxylic acids is 1. The maximum Gasteiger partial charge on any atom is 0.147 e. The lowest BCUT2D eigenvalue weighted by atomic mass is 9.78. The zero-order valence-corrected chi connectivity index (χ0v) is 16.6. The molecule has 25 heavy (non-hydrogen) atoms. The van der Waals surface area contributed by atoms with Crippen molar-refractivity contribution >= 4 is 5.78 Å². The number of carbonyl (C=O) groups is 1. The molecule has 1 aliphatic carbocycles. The molecule has 0 heterocycles. The highest BCUT2D eigenvalue weighted by atomic mass is 16.4. The van der Waals surface area contributed by atoms with Crippen LogP contribution in [0, 0.1) is 29.6 Å². The summed E-state index contributed by atoms with van der Waals surface area (Å²) >= 11 is 0. The van der Waals surface area contributed by atoms with E-state index in [-0.39, 0.29) is 11.7 Å². The molecule has 6 atom stereocenters. The van der Waals surface area contributed by atoms with Crippen LogP contribution in [-0.2, 0) is 4.79 Å². The van der Waals surface area contributed by atoms with E-state index in [1.54, 1.807) is 13.8 Å². The second-order valence-electron chi connectivity index (χ2n) is 9.01. The summed E-state index contributed by atoms with van der Waals surface area (Å²) in [5.41, 5.74) is -1.89. The third kappa shape index (κ3) is 4.82. The lowest BCUT2D eigenvalue weighted by molar-refractivity contribution is -0.170. The molecule has 0 aromatic rings. The summed E-state index contributed by atoms with van der Waals surface area (Å²) in [5.74, 6) is -1.74. The smallest absolute Gasteiger partial charge is 0.147 e. The van der Waals surface area contributed by atoms with Gasteiger partial charge >= 0.3 is 0 Å². The fourth-order valence-electron chi connectivity index (χ4n) is 3.90. The highest BCUT2D eigenvalue weighted by Gasteiger charge is 2.63. The zero-order valence-electron chi connectivity index (χ0n) is 16.6. The first-order valence-corrected chi connectivity index (χ1v) is 9.74. The lowest BCUT2D eigenvalue weighted by Gasteiger charge is -2.38. The molecule has 6 unspecified atom stereocenters. The first kappa shape index (κ1) is 22.6. The lowest BCUT2D eigenvalue weighted by Crippen LogP contribution is -2.55. The van der Waals surface area contributed by atoms with Crippen LogP contribution in [0.15, 0.2) is 0 Å². The summed E-state index contributed by atoms with van der Waals surface area (Å²) in [6, 6.07) is 0. The van der Waals surface area contributed by atoms with Crippen LogP contribution < -0.4 is 0 Å². The number of aliphatic hydroxyl groups excluding tert-OH is 3. The van der Waals surface area contributed by atoms with Crippen LogP contribution in [0.4, 0.5) is 0 Å². The zero-order chi connectivity index (χ0) is 19.5. The van der Waals surface area contributed by atoms with Crippen LogP contribution in [0.5, 0.6) is 0 Å². The normalized spacial score (nSPS) is 32.8. The highest BCUT2D eigenvalue weighted by molar-refractivity contribution is 5.89. The summed E-state index contributed by atoms with van der Waals surface area (Å²) in [6.07, 6.45) is -1.53. The number of aliphatic hydroxyl groups is 4. The molecule has 0 aromatic carbocycles. The van der Waals surface area contributed by atoms with E-state index in [1.807, 2.05) is 27.7 Å². The Morgan fingerprint density at radius 2 is 1.48 bits per heavy atom. The fraction of sp³-hybridized carbons (Fsp3) is 0.950. The van der Waals surface area contributed by atoms with E-state index in [9.17, 15) is 25.2 Å². The number of hydrogen-bond acceptors (Lipinski definition) is 5. The molecule has 0 spiro atoms. The third-order valence-corrected chi connectivity index (χ3v) is 5.68. The van der Waals surface area contributed by atoms with Crippen LogP contribution >= 0.6 is 0 Å². The summed E-state index contributed by atoms with van der Waals surface area (Å²) < 4.78 is 0. The van der Waals surface area contributed by atoms with Gasteiger partial charge in [-0.1, -0.05) is 48.0 Å². The Morgan fingerprint density at radius 3 is 1.92 bits per heavy atom. The van der Waals surface area contributed by atoms with Gasteiger partial charge in [-0.05, 0) is 37.0 Å². The molecule has 1 aliphatic rings. The monoisotopic (exact) mass is 358 g/mol. The van der Waals surface area contributed by atoms with Crippen LogP contribution in [-0.4, -0.2) is 50.1 Å². The molecule has 0 aliphatic heterocycles. The predicted molar refractivity (Wildman–Crippen MR) is 97.9 cm³/mol. The first-order chi connectivity index (χ1) is 11.4. The number of ketones is 1. The van der Waals surface area contributed by atoms with Crippen LogP contribution in [0.1, 0.15) is 67.2 Å². The Balaban J connectivity index is 3.15. The number of rotatable bonds is 9. The summed E-state index contributed by atoms with van der Waals surface area (Å²) in [6.45, 7) is 11.7. The van der Waals surface area contributed by atoms with Gasteiger partial charge in [0.15, 0.2) is 0 Å². The van der Waals surface area contributed by atoms with Gasteiger partial charge < -0.3 is 20.4 Å². The van der Waals surface area contributed by atoms with E-state index < -0.39 is 35.7 Å². The number of hydrogen-bond donors (Lipinski definition) is 4. The maximum absolute atomic E-state index is 12.9. The van der Waals surface area contributed by atoms with Crippen molar-refractivity contribution in [1.29, 1.82) is 0 Å². The average Bonchev–Trinajstić information content (AvgIpc) is 2.69. The molecule has 4 N–H and O–H groups in total. The Morgan fingerprint density at radius 1 is 0.960 bits per heavy atom. The van der Waals surface area contributed by atoms with E-state index in [0.29, 0.717) is 37.5 Å². The first-order valence-electron chi connectivity index (χ1n) is 9.74. The number of Topliss-reactive ketones (excluding diaryl/α,β-unsaturated/α-hetero) is 1. The molecule has 1 fully saturated rings. The largest absolute Gasteiger partial charge is 0.392 e.